The van der Waals surface area contributed by atoms with Gasteiger partial charge in [-0.25, -0.2) is 9.37 Å². The van der Waals surface area contributed by atoms with Crippen molar-refractivity contribution in [3.05, 3.63) is 87.1 Å². The Morgan fingerprint density at radius 2 is 1.72 bits per heavy atom. The lowest BCUT2D eigenvalue weighted by Gasteiger charge is -2.04. The number of azide groups is 1. The molecule has 0 aliphatic carbocycles. The lowest BCUT2D eigenvalue weighted by atomic mass is 10.1. The lowest BCUT2D eigenvalue weighted by molar-refractivity contribution is 0.628. The van der Waals surface area contributed by atoms with Crippen molar-refractivity contribution in [3.8, 4) is 33.9 Å². The second-order valence-electron chi connectivity index (χ2n) is 6.00. The van der Waals surface area contributed by atoms with Crippen molar-refractivity contribution in [2.24, 2.45) is 5.11 Å². The summed E-state index contributed by atoms with van der Waals surface area (Å²) in [6.07, 6.45) is 1.52. The highest BCUT2D eigenvalue weighted by atomic mass is 35.5. The van der Waals surface area contributed by atoms with Crippen molar-refractivity contribution in [1.82, 2.24) is 15.0 Å². The molecular weight excluding hydrogens is 414 g/mol. The number of imidazole rings is 1. The van der Waals surface area contributed by atoms with Gasteiger partial charge in [-0.2, -0.15) is 0 Å². The molecule has 0 spiro atoms. The van der Waals surface area contributed by atoms with Gasteiger partial charge >= 0.3 is 0 Å². The van der Waals surface area contributed by atoms with Gasteiger partial charge < -0.3 is 4.98 Å². The molecule has 2 aromatic heterocycles. The molecule has 0 bridgehead atoms. The van der Waals surface area contributed by atoms with Gasteiger partial charge in [-0.15, -0.1) is 0 Å². The van der Waals surface area contributed by atoms with E-state index in [9.17, 15) is 4.39 Å². The summed E-state index contributed by atoms with van der Waals surface area (Å²) in [6.45, 7) is 0. The highest BCUT2D eigenvalue weighted by Crippen LogP contribution is 2.38. The fourth-order valence-corrected chi connectivity index (χ4v) is 3.49. The van der Waals surface area contributed by atoms with Crippen LogP contribution >= 0.6 is 23.2 Å². The summed E-state index contributed by atoms with van der Waals surface area (Å²) in [4.78, 5) is 14.7. The van der Waals surface area contributed by atoms with Crippen LogP contribution in [0.1, 0.15) is 0 Å². The quantitative estimate of drug-likeness (QED) is 0.213. The Hall–Kier alpha value is -3.38. The first-order chi connectivity index (χ1) is 14.1. The molecule has 0 saturated heterocycles. The summed E-state index contributed by atoms with van der Waals surface area (Å²) in [5.41, 5.74) is 11.8. The number of aromatic nitrogens is 3. The third-order valence-electron chi connectivity index (χ3n) is 4.20. The number of nitrogens with zero attached hydrogens (tertiary/aromatic N) is 5. The molecule has 29 heavy (non-hydrogen) atoms. The molecule has 142 valence electrons. The van der Waals surface area contributed by atoms with E-state index in [2.05, 4.69) is 20.0 Å². The molecule has 0 aliphatic rings. The molecule has 1 N–H and O–H groups in total. The van der Waals surface area contributed by atoms with Gasteiger partial charge in [0.05, 0.1) is 27.0 Å². The van der Waals surface area contributed by atoms with E-state index in [0.717, 1.165) is 0 Å². The second kappa shape index (κ2) is 7.93. The average molecular weight is 425 g/mol. The van der Waals surface area contributed by atoms with Crippen molar-refractivity contribution < 1.29 is 4.39 Å². The largest absolute Gasteiger partial charge is 0.337 e. The van der Waals surface area contributed by atoms with Crippen LogP contribution in [0.25, 0.3) is 44.3 Å². The molecule has 0 fully saturated rings. The molecular formula is C20H11Cl2FN6. The minimum atomic E-state index is -0.348. The zero-order chi connectivity index (χ0) is 20.4. The van der Waals surface area contributed by atoms with Gasteiger partial charge in [0.2, 0.25) is 0 Å². The first-order valence-corrected chi connectivity index (χ1v) is 9.14. The molecule has 0 aliphatic heterocycles. The van der Waals surface area contributed by atoms with Crippen molar-refractivity contribution in [2.75, 3.05) is 0 Å². The van der Waals surface area contributed by atoms with E-state index >= 15 is 0 Å². The van der Waals surface area contributed by atoms with E-state index < -0.39 is 0 Å². The number of H-pyrrole nitrogens is 1. The molecule has 0 atom stereocenters. The van der Waals surface area contributed by atoms with Crippen LogP contribution in [0.2, 0.25) is 10.0 Å². The fourth-order valence-electron chi connectivity index (χ4n) is 2.92. The molecule has 2 aromatic carbocycles. The number of rotatable bonds is 4. The van der Waals surface area contributed by atoms with Gasteiger partial charge in [0.1, 0.15) is 17.5 Å². The number of halogens is 3. The Morgan fingerprint density at radius 3 is 2.41 bits per heavy atom. The zero-order valence-corrected chi connectivity index (χ0v) is 16.2. The summed E-state index contributed by atoms with van der Waals surface area (Å²) >= 11 is 12.7. The summed E-state index contributed by atoms with van der Waals surface area (Å²) < 4.78 is 13.4. The normalized spacial score (nSPS) is 10.6. The van der Waals surface area contributed by atoms with Crippen molar-refractivity contribution in [2.45, 2.75) is 0 Å². The van der Waals surface area contributed by atoms with E-state index in [4.69, 9.17) is 33.7 Å². The van der Waals surface area contributed by atoms with Gasteiger partial charge in [0, 0.05) is 22.2 Å². The van der Waals surface area contributed by atoms with Gasteiger partial charge in [-0.1, -0.05) is 29.3 Å². The van der Waals surface area contributed by atoms with Crippen LogP contribution in [0.5, 0.6) is 0 Å². The maximum atomic E-state index is 13.4. The Kier molecular flexibility index (Phi) is 5.18. The maximum Gasteiger partial charge on any atom is 0.141 e. The molecule has 0 unspecified atom stereocenters. The second-order valence-corrected chi connectivity index (χ2v) is 6.82. The molecule has 0 radical (unpaired) electrons. The van der Waals surface area contributed by atoms with E-state index in [1.165, 1.54) is 18.3 Å². The highest BCUT2D eigenvalue weighted by Gasteiger charge is 2.19. The topological polar surface area (TPSA) is 90.3 Å². The van der Waals surface area contributed by atoms with Crippen LogP contribution in [-0.2, 0) is 0 Å². The molecule has 0 saturated carbocycles. The van der Waals surface area contributed by atoms with E-state index in [0.29, 0.717) is 43.9 Å². The van der Waals surface area contributed by atoms with Crippen LogP contribution in [0.3, 0.4) is 0 Å². The minimum Gasteiger partial charge on any atom is -0.337 e. The number of pyridine rings is 1. The summed E-state index contributed by atoms with van der Waals surface area (Å²) in [5, 5.41) is 4.42. The highest BCUT2D eigenvalue weighted by molar-refractivity contribution is 6.39. The first-order valence-electron chi connectivity index (χ1n) is 8.38. The number of benzene rings is 2. The van der Waals surface area contributed by atoms with Gasteiger partial charge in [0.15, 0.2) is 0 Å². The Labute approximate surface area is 174 Å². The first kappa shape index (κ1) is 19.0. The SMILES string of the molecule is [N-]=[N+]=Nc1cc(-c2nc(-c3c(Cl)cccc3Cl)[nH]c2-c2ccc(F)cc2)ccn1. The Balaban J connectivity index is 1.96. The number of hydrogen-bond acceptors (Lipinski definition) is 3. The molecule has 9 heteroatoms. The lowest BCUT2D eigenvalue weighted by Crippen LogP contribution is -1.85. The zero-order valence-electron chi connectivity index (χ0n) is 14.6. The van der Waals surface area contributed by atoms with Crippen molar-refractivity contribution in [3.63, 3.8) is 0 Å². The summed E-state index contributed by atoms with van der Waals surface area (Å²) in [7, 11) is 0. The molecule has 4 aromatic rings. The minimum absolute atomic E-state index is 0.204. The fraction of sp³-hybridized carbons (Fsp3) is 0. The van der Waals surface area contributed by atoms with Gasteiger partial charge in [0.25, 0.3) is 0 Å². The van der Waals surface area contributed by atoms with E-state index in [-0.39, 0.29) is 11.6 Å². The van der Waals surface area contributed by atoms with Crippen LogP contribution in [0, 0.1) is 5.82 Å². The third-order valence-corrected chi connectivity index (χ3v) is 4.83. The molecule has 6 nitrogen and oxygen atoms in total. The average Bonchev–Trinajstić information content (AvgIpc) is 3.14. The summed E-state index contributed by atoms with van der Waals surface area (Å²) in [6, 6.07) is 14.5. The smallest absolute Gasteiger partial charge is 0.141 e. The maximum absolute atomic E-state index is 13.4. The molecule has 2 heterocycles. The monoisotopic (exact) mass is 424 g/mol. The number of nitrogens with one attached hydrogen (secondary N) is 1. The van der Waals surface area contributed by atoms with Crippen LogP contribution in [0.15, 0.2) is 65.9 Å². The van der Waals surface area contributed by atoms with Crippen LogP contribution < -0.4 is 0 Å². The van der Waals surface area contributed by atoms with E-state index in [1.807, 2.05) is 0 Å². The predicted octanol–water partition coefficient (Wildman–Crippen LogP) is 7.19. The molecule has 0 amide bonds. The predicted molar refractivity (Wildman–Crippen MR) is 111 cm³/mol. The van der Waals surface area contributed by atoms with Gasteiger partial charge in [-0.3, -0.25) is 4.98 Å². The van der Waals surface area contributed by atoms with E-state index in [1.54, 1.807) is 42.5 Å². The number of hydrogen-bond donors (Lipinski definition) is 1. The van der Waals surface area contributed by atoms with Crippen molar-refractivity contribution >= 4 is 29.0 Å². The molecule has 4 rings (SSSR count). The standard InChI is InChI=1S/C20H11Cl2FN6/c21-14-2-1-3-15(22)17(14)20-26-18(11-4-6-13(23)7-5-11)19(27-20)12-8-9-25-16(10-12)28-29-24/h1-10H,(H,26,27). The van der Waals surface area contributed by atoms with Crippen LogP contribution in [0.4, 0.5) is 10.2 Å². The van der Waals surface area contributed by atoms with Gasteiger partial charge in [-0.05, 0) is 59.2 Å². The Bertz CT molecular complexity index is 1230. The third kappa shape index (κ3) is 3.79. The van der Waals surface area contributed by atoms with Crippen molar-refractivity contribution in [1.29, 1.82) is 0 Å². The van der Waals surface area contributed by atoms with Crippen LogP contribution in [-0.4, -0.2) is 15.0 Å². The Morgan fingerprint density at radius 1 is 1.00 bits per heavy atom. The summed E-state index contributed by atoms with van der Waals surface area (Å²) in [5.74, 6) is 0.311. The number of aromatic amines is 1.